The molecule has 0 unspecified atom stereocenters. The molecule has 0 amide bonds. The molecule has 0 aliphatic rings. The minimum absolute atomic E-state index is 0.318. The molecule has 0 radical (unpaired) electrons. The third kappa shape index (κ3) is 6.01. The lowest BCUT2D eigenvalue weighted by Crippen LogP contribution is -2.26. The third-order valence-corrected chi connectivity index (χ3v) is 3.16. The van der Waals surface area contributed by atoms with Gasteiger partial charge in [0.15, 0.2) is 0 Å². The van der Waals surface area contributed by atoms with E-state index in [2.05, 4.69) is 50.4 Å². The van der Waals surface area contributed by atoms with Crippen LogP contribution in [0.2, 0.25) is 0 Å². The molecule has 2 aromatic carbocycles. The van der Waals surface area contributed by atoms with Gasteiger partial charge < -0.3 is 10.1 Å². The van der Waals surface area contributed by atoms with Gasteiger partial charge in [-0.2, -0.15) is 0 Å². The van der Waals surface area contributed by atoms with Crippen molar-refractivity contribution in [2.24, 2.45) is 5.41 Å². The van der Waals surface area contributed by atoms with Crippen LogP contribution in [0.25, 0.3) is 0 Å². The van der Waals surface area contributed by atoms with Crippen molar-refractivity contribution in [3.63, 3.8) is 0 Å². The first-order chi connectivity index (χ1) is 10.0. The highest BCUT2D eigenvalue weighted by molar-refractivity contribution is 5.27. The van der Waals surface area contributed by atoms with Gasteiger partial charge in [-0.25, -0.2) is 0 Å². The van der Waals surface area contributed by atoms with E-state index < -0.39 is 0 Å². The van der Waals surface area contributed by atoms with Crippen LogP contribution in [0.5, 0.6) is 5.75 Å². The lowest BCUT2D eigenvalue weighted by molar-refractivity contribution is 0.306. The number of nitrogens with one attached hydrogen (secondary N) is 1. The molecule has 0 fully saturated rings. The molecular weight excluding hydrogens is 258 g/mol. The second-order valence-electron chi connectivity index (χ2n) is 6.58. The second kappa shape index (κ2) is 7.28. The van der Waals surface area contributed by atoms with Crippen LogP contribution in [0.4, 0.5) is 0 Å². The highest BCUT2D eigenvalue weighted by Gasteiger charge is 2.08. The zero-order valence-corrected chi connectivity index (χ0v) is 13.2. The number of hydrogen-bond acceptors (Lipinski definition) is 2. The van der Waals surface area contributed by atoms with Gasteiger partial charge in [-0.05, 0) is 28.7 Å². The molecule has 2 rings (SSSR count). The first kappa shape index (κ1) is 15.6. The number of hydrogen-bond donors (Lipinski definition) is 1. The van der Waals surface area contributed by atoms with E-state index in [0.717, 1.165) is 18.8 Å². The van der Waals surface area contributed by atoms with Crippen LogP contribution < -0.4 is 10.1 Å². The zero-order chi connectivity index (χ0) is 15.1. The summed E-state index contributed by atoms with van der Waals surface area (Å²) in [5.41, 5.74) is 2.79. The van der Waals surface area contributed by atoms with Crippen molar-refractivity contribution in [3.05, 3.63) is 65.7 Å². The summed E-state index contributed by atoms with van der Waals surface area (Å²) in [5, 5.41) is 3.48. The molecule has 21 heavy (non-hydrogen) atoms. The number of rotatable bonds is 6. The van der Waals surface area contributed by atoms with Crippen molar-refractivity contribution in [1.82, 2.24) is 5.32 Å². The summed E-state index contributed by atoms with van der Waals surface area (Å²) >= 11 is 0. The molecule has 0 spiro atoms. The number of benzene rings is 2. The zero-order valence-electron chi connectivity index (χ0n) is 13.2. The molecule has 2 heteroatoms. The minimum Gasteiger partial charge on any atom is -0.489 e. The Balaban J connectivity index is 1.79. The largest absolute Gasteiger partial charge is 0.489 e. The normalized spacial score (nSPS) is 11.4. The SMILES string of the molecule is CC(C)(C)CNCc1ccc(OCc2ccccc2)cc1. The molecule has 0 saturated heterocycles. The Morgan fingerprint density at radius 3 is 2.14 bits per heavy atom. The van der Waals surface area contributed by atoms with E-state index in [0.29, 0.717) is 12.0 Å². The molecule has 0 bridgehead atoms. The molecule has 0 aliphatic heterocycles. The average molecular weight is 283 g/mol. The summed E-state index contributed by atoms with van der Waals surface area (Å²) in [6, 6.07) is 18.5. The Kier molecular flexibility index (Phi) is 5.40. The van der Waals surface area contributed by atoms with Crippen molar-refractivity contribution < 1.29 is 4.74 Å². The highest BCUT2D eigenvalue weighted by Crippen LogP contribution is 2.15. The molecule has 2 nitrogen and oxygen atoms in total. The van der Waals surface area contributed by atoms with Gasteiger partial charge in [0.05, 0.1) is 0 Å². The van der Waals surface area contributed by atoms with E-state index in [1.807, 2.05) is 30.3 Å². The molecule has 1 N–H and O–H groups in total. The first-order valence-corrected chi connectivity index (χ1v) is 7.49. The van der Waals surface area contributed by atoms with Gasteiger partial charge >= 0.3 is 0 Å². The van der Waals surface area contributed by atoms with Gasteiger partial charge in [0.25, 0.3) is 0 Å². The smallest absolute Gasteiger partial charge is 0.119 e. The summed E-state index contributed by atoms with van der Waals surface area (Å²) in [6.45, 7) is 9.24. The van der Waals surface area contributed by atoms with Crippen molar-refractivity contribution in [2.45, 2.75) is 33.9 Å². The van der Waals surface area contributed by atoms with E-state index in [9.17, 15) is 0 Å². The van der Waals surface area contributed by atoms with Crippen LogP contribution in [0.3, 0.4) is 0 Å². The first-order valence-electron chi connectivity index (χ1n) is 7.49. The molecular formula is C19H25NO. The average Bonchev–Trinajstić information content (AvgIpc) is 2.46. The molecule has 0 aliphatic carbocycles. The van der Waals surface area contributed by atoms with Gasteiger partial charge in [-0.3, -0.25) is 0 Å². The highest BCUT2D eigenvalue weighted by atomic mass is 16.5. The van der Waals surface area contributed by atoms with Gasteiger partial charge in [0.1, 0.15) is 12.4 Å². The number of ether oxygens (including phenoxy) is 1. The quantitative estimate of drug-likeness (QED) is 0.848. The summed E-state index contributed by atoms with van der Waals surface area (Å²) in [6.07, 6.45) is 0. The summed E-state index contributed by atoms with van der Waals surface area (Å²) < 4.78 is 5.79. The van der Waals surface area contributed by atoms with Crippen molar-refractivity contribution >= 4 is 0 Å². The predicted molar refractivity (Wildman–Crippen MR) is 88.4 cm³/mol. The van der Waals surface area contributed by atoms with Gasteiger partial charge in [-0.15, -0.1) is 0 Å². The molecule has 112 valence electrons. The van der Waals surface area contributed by atoms with Crippen molar-refractivity contribution in [3.8, 4) is 5.75 Å². The van der Waals surface area contributed by atoms with Gasteiger partial charge in [0.2, 0.25) is 0 Å². The van der Waals surface area contributed by atoms with Crippen LogP contribution in [-0.2, 0) is 13.2 Å². The minimum atomic E-state index is 0.318. The summed E-state index contributed by atoms with van der Waals surface area (Å²) in [4.78, 5) is 0. The van der Waals surface area contributed by atoms with Crippen molar-refractivity contribution in [2.75, 3.05) is 6.54 Å². The monoisotopic (exact) mass is 283 g/mol. The van der Waals surface area contributed by atoms with Crippen LogP contribution in [0, 0.1) is 5.41 Å². The second-order valence-corrected chi connectivity index (χ2v) is 6.58. The topological polar surface area (TPSA) is 21.3 Å². The van der Waals surface area contributed by atoms with Crippen LogP contribution in [0.1, 0.15) is 31.9 Å². The lowest BCUT2D eigenvalue weighted by Gasteiger charge is -2.18. The van der Waals surface area contributed by atoms with Crippen LogP contribution >= 0.6 is 0 Å². The van der Waals surface area contributed by atoms with Gasteiger partial charge in [0, 0.05) is 13.1 Å². The molecule has 0 saturated carbocycles. The molecule has 2 aromatic rings. The maximum absolute atomic E-state index is 5.79. The Morgan fingerprint density at radius 1 is 0.857 bits per heavy atom. The lowest BCUT2D eigenvalue weighted by atomic mass is 9.97. The Labute approximate surface area is 128 Å². The standard InChI is InChI=1S/C19H25NO/c1-19(2,3)15-20-13-16-9-11-18(12-10-16)21-14-17-7-5-4-6-8-17/h4-12,20H,13-15H2,1-3H3. The Bertz CT molecular complexity index is 526. The predicted octanol–water partition coefficient (Wildman–Crippen LogP) is 4.40. The molecule has 0 heterocycles. The van der Waals surface area contributed by atoms with Crippen LogP contribution in [-0.4, -0.2) is 6.54 Å². The van der Waals surface area contributed by atoms with E-state index in [1.165, 1.54) is 11.1 Å². The molecule has 0 atom stereocenters. The fraction of sp³-hybridized carbons (Fsp3) is 0.368. The maximum atomic E-state index is 5.79. The van der Waals surface area contributed by atoms with E-state index in [1.54, 1.807) is 0 Å². The summed E-state index contributed by atoms with van der Waals surface area (Å²) in [5.74, 6) is 0.915. The van der Waals surface area contributed by atoms with E-state index in [4.69, 9.17) is 4.74 Å². The fourth-order valence-electron chi connectivity index (χ4n) is 2.03. The Hall–Kier alpha value is -1.80. The summed E-state index contributed by atoms with van der Waals surface area (Å²) in [7, 11) is 0. The Morgan fingerprint density at radius 2 is 1.52 bits per heavy atom. The fourth-order valence-corrected chi connectivity index (χ4v) is 2.03. The van der Waals surface area contributed by atoms with Crippen molar-refractivity contribution in [1.29, 1.82) is 0 Å². The van der Waals surface area contributed by atoms with E-state index >= 15 is 0 Å². The van der Waals surface area contributed by atoms with E-state index in [-0.39, 0.29) is 0 Å². The maximum Gasteiger partial charge on any atom is 0.119 e. The molecule has 0 aromatic heterocycles. The third-order valence-electron chi connectivity index (χ3n) is 3.16. The van der Waals surface area contributed by atoms with Crippen LogP contribution in [0.15, 0.2) is 54.6 Å². The van der Waals surface area contributed by atoms with Gasteiger partial charge in [-0.1, -0.05) is 63.2 Å².